The number of aliphatic imine (C=N–C) groups is 1. The number of aromatic nitrogens is 5. The average molecular weight is 1950 g/mol. The summed E-state index contributed by atoms with van der Waals surface area (Å²) in [6, 6.07) is 73.0. The summed E-state index contributed by atoms with van der Waals surface area (Å²) in [5.41, 5.74) is 35.8. The average Bonchev–Trinajstić information content (AvgIpc) is 1.53. The number of aliphatic hydroxyl groups is 1. The number of amidine groups is 1. The molecule has 14 heterocycles. The van der Waals surface area contributed by atoms with Crippen molar-refractivity contribution in [1.29, 1.82) is 0 Å². The number of aliphatic hydroxyl groups excluding tert-OH is 1. The number of allylic oxidation sites excluding steroid dienone is 2. The van der Waals surface area contributed by atoms with Crippen LogP contribution in [0.15, 0.2) is 258 Å². The van der Waals surface area contributed by atoms with Gasteiger partial charge in [0, 0.05) is 156 Å². The third kappa shape index (κ3) is 15.8. The molecule has 15 aromatic rings. The Morgan fingerprint density at radius 3 is 1.76 bits per heavy atom. The number of aryl methyl sites for hydroxylation is 2. The van der Waals surface area contributed by atoms with Crippen LogP contribution in [0.4, 0.5) is 22.9 Å². The van der Waals surface area contributed by atoms with Crippen LogP contribution in [-0.4, -0.2) is 40.6 Å². The summed E-state index contributed by atoms with van der Waals surface area (Å²) < 4.78 is 18.6. The number of benzene rings is 10. The number of pyridine rings is 1. The summed E-state index contributed by atoms with van der Waals surface area (Å²) in [5, 5.41) is 18.5. The number of para-hydroxylation sites is 4. The van der Waals surface area contributed by atoms with Gasteiger partial charge in [-0.2, -0.15) is 21.3 Å². The van der Waals surface area contributed by atoms with E-state index < -0.39 is 0 Å². The number of anilines is 2. The molecule has 10 aliphatic rings. The first-order chi connectivity index (χ1) is 63.1. The van der Waals surface area contributed by atoms with Gasteiger partial charge in [0.1, 0.15) is 72.4 Å². The summed E-state index contributed by atoms with van der Waals surface area (Å²) >= 11 is 1.91. The summed E-state index contributed by atoms with van der Waals surface area (Å²) in [7, 11) is 0. The summed E-state index contributed by atoms with van der Waals surface area (Å²) in [5.74, 6) is 6.66. The first kappa shape index (κ1) is 89.7. The third-order valence-corrected chi connectivity index (χ3v) is 29.1. The first-order valence-electron chi connectivity index (χ1n) is 47.2. The van der Waals surface area contributed by atoms with Crippen molar-refractivity contribution in [2.45, 2.75) is 225 Å². The summed E-state index contributed by atoms with van der Waals surface area (Å²) in [4.78, 5) is 29.5. The van der Waals surface area contributed by atoms with Gasteiger partial charge < -0.3 is 39.4 Å². The van der Waals surface area contributed by atoms with Crippen molar-refractivity contribution in [3.63, 3.8) is 0 Å². The maximum absolute atomic E-state index is 10.0. The van der Waals surface area contributed by atoms with Crippen LogP contribution in [0.2, 0.25) is 0 Å². The Morgan fingerprint density at radius 2 is 1.15 bits per heavy atom. The summed E-state index contributed by atoms with van der Waals surface area (Å²) in [6.45, 7) is 49.6. The zero-order valence-corrected chi connectivity index (χ0v) is 83.8. The maximum Gasteiger partial charge on any atom is 0.294 e. The number of hydrogen-bond acceptors (Lipinski definition) is 10. The van der Waals surface area contributed by atoms with E-state index in [0.717, 1.165) is 71.6 Å². The van der Waals surface area contributed by atoms with Crippen LogP contribution in [0.5, 0.6) is 0 Å². The van der Waals surface area contributed by atoms with E-state index in [1.165, 1.54) is 169 Å². The van der Waals surface area contributed by atoms with E-state index in [9.17, 15) is 4.79 Å². The van der Waals surface area contributed by atoms with Gasteiger partial charge in [0.05, 0.1) is 22.9 Å². The van der Waals surface area contributed by atoms with Crippen LogP contribution < -0.4 is 18.9 Å². The molecular weight excluding hydrogens is 1830 g/mol. The van der Waals surface area contributed by atoms with Crippen molar-refractivity contribution in [2.75, 3.05) is 9.80 Å². The van der Waals surface area contributed by atoms with Crippen LogP contribution in [0.1, 0.15) is 274 Å². The normalized spacial score (nSPS) is 17.0. The molecule has 0 spiro atoms. The number of furan rings is 1. The van der Waals surface area contributed by atoms with Crippen molar-refractivity contribution in [3.05, 3.63) is 355 Å². The van der Waals surface area contributed by atoms with E-state index >= 15 is 0 Å². The molecule has 0 bridgehead atoms. The van der Waals surface area contributed by atoms with Gasteiger partial charge >= 0.3 is 0 Å². The van der Waals surface area contributed by atoms with Crippen molar-refractivity contribution < 1.29 is 43.6 Å². The Hall–Kier alpha value is -12.5. The molecule has 16 heteroatoms. The third-order valence-electron chi connectivity index (χ3n) is 28.0. The van der Waals surface area contributed by atoms with Gasteiger partial charge in [-0.3, -0.25) is 9.79 Å². The number of hydrogen-bond donors (Lipinski definition) is 1. The fourth-order valence-corrected chi connectivity index (χ4v) is 22.7. The summed E-state index contributed by atoms with van der Waals surface area (Å²) in [6.07, 6.45) is 21.6. The molecule has 1 N–H and O–H groups in total. The van der Waals surface area contributed by atoms with E-state index in [4.69, 9.17) is 24.8 Å². The topological polar surface area (TPSA) is 120 Å². The van der Waals surface area contributed by atoms with Gasteiger partial charge in [-0.15, -0.1) is 22.6 Å². The Kier molecular flexibility index (Phi) is 23.1. The van der Waals surface area contributed by atoms with Crippen LogP contribution >= 0.6 is 11.3 Å². The second-order valence-corrected chi connectivity index (χ2v) is 42.8. The van der Waals surface area contributed by atoms with Gasteiger partial charge in [0.25, 0.3) is 11.6 Å². The molecule has 1 radical (unpaired) electrons. The monoisotopic (exact) mass is 1950 g/mol. The van der Waals surface area contributed by atoms with Crippen molar-refractivity contribution in [2.24, 2.45) is 15.8 Å². The predicted octanol–water partition coefficient (Wildman–Crippen LogP) is 29.4. The number of rotatable bonds is 7. The minimum Gasteiger partial charge on any atom is -0.661 e. The number of nitrogens with zero attached hydrogens (tertiary/aromatic N) is 11. The van der Waals surface area contributed by atoms with Gasteiger partial charge in [-0.05, 0) is 167 Å². The largest absolute Gasteiger partial charge is 0.661 e. The zero-order chi connectivity index (χ0) is 92.3. The van der Waals surface area contributed by atoms with Crippen molar-refractivity contribution >= 4 is 100 Å². The standard InChI is InChI=1S/C28H27N2O.C28H27N2S.C23H28N4.C21H21N.C12H10N2.C5H8O2.Ir/c2*1-17(2)20-9-7-10-21(18(3)4)27(20)30-13-12-29-16-19-14-26-24(15-23(19)28(29)30)22-8-5-6-11-25(22)31-26;1-13-11-16-17(12-14(13)2)27-20(24-16)15-9-10-18(22(3,4)5)25-19(15)26-21(27)23(6,7)8;1-21(2,3)16-11-13-7-6-8-14-12-22-17-10-5-4-9-15(17)19(16)20(22)18(13)14;1-2-9-4-5-13-6-7-14-8-10(3-1)11(9)12(13)14;1-4(6)3-5(2)7;/h2*5-15,17-18H,16H2,1-4H3;10-12,20H,1-8H3;4-11,19-20H,12H2,1-3H3;1-7,12H,8H2;3,6H,1-2H3;/q2*+1;-2;;;;. The molecule has 0 saturated heterocycles. The SMILES string of the molecule is C1=CN2C=CN3Cc4cccc1c4C23.CC(=O)C=C(C)O.CC(C)(C)C1=Cc2cccc3c2C2C1c1ccccc1N2C3.CC(C)c1cccc(C(C)C)c1-n1cc[n+]2c1-c1cc3c(cc1C2)oc1ccccc13.CC(C)c1cccc(C(C)C)c1-n1cc[n+]2c1-c1cc3c(cc1C2)sc1ccccc13.Cc1cc2c(cc1C)N1C(C(C)(C)C)=Nc3nc(C(C)(C)C)c[c-]c3C1[N-]2.[Ir]. The van der Waals surface area contributed by atoms with E-state index in [-0.39, 0.29) is 54.1 Å². The van der Waals surface area contributed by atoms with Gasteiger partial charge in [-0.25, -0.2) is 9.13 Å². The molecule has 25 rings (SSSR count). The van der Waals surface area contributed by atoms with Crippen molar-refractivity contribution in [3.8, 4) is 34.2 Å². The number of imidazole rings is 2. The second-order valence-electron chi connectivity index (χ2n) is 41.7. The van der Waals surface area contributed by atoms with E-state index in [2.05, 4.69) is 407 Å². The fourth-order valence-electron chi connectivity index (χ4n) is 21.6. The van der Waals surface area contributed by atoms with E-state index in [1.807, 2.05) is 23.5 Å². The van der Waals surface area contributed by atoms with Gasteiger partial charge in [0.2, 0.25) is 0 Å². The molecule has 4 unspecified atom stereocenters. The number of thiophene rings is 1. The second kappa shape index (κ2) is 34.2. The number of fused-ring (bicyclic) bond motifs is 20. The zero-order valence-electron chi connectivity index (χ0n) is 80.5. The van der Waals surface area contributed by atoms with Crippen LogP contribution in [0.25, 0.3) is 93.7 Å². The molecule has 677 valence electrons. The Bertz CT molecular complexity index is 7090. The Balaban J connectivity index is 0.000000107. The molecule has 5 aromatic heterocycles. The molecule has 9 aliphatic heterocycles. The van der Waals surface area contributed by atoms with Gasteiger partial charge in [-0.1, -0.05) is 269 Å². The number of carbonyl (C=O) groups is 1. The Labute approximate surface area is 801 Å². The minimum absolute atomic E-state index is 0. The molecule has 4 atom stereocenters. The minimum atomic E-state index is -0.135. The van der Waals surface area contributed by atoms with E-state index in [0.29, 0.717) is 41.8 Å². The molecule has 0 saturated carbocycles. The molecular formula is C117H121IrN11O3S. The molecule has 14 nitrogen and oxygen atoms in total. The Morgan fingerprint density at radius 1 is 0.571 bits per heavy atom. The molecule has 0 amide bonds. The first-order valence-corrected chi connectivity index (χ1v) is 48.0. The number of carbonyl (C=O) groups excluding carboxylic acids is 1. The number of ketones is 1. The van der Waals surface area contributed by atoms with Gasteiger partial charge in [0.15, 0.2) is 5.78 Å². The maximum atomic E-state index is 10.0. The van der Waals surface area contributed by atoms with E-state index in [1.54, 1.807) is 11.1 Å². The quantitative estimate of drug-likeness (QED) is 0.0725. The fraction of sp³-hybridized carbons (Fsp3) is 0.308. The van der Waals surface area contributed by atoms with Crippen LogP contribution in [0.3, 0.4) is 0 Å². The molecule has 0 fully saturated rings. The predicted molar refractivity (Wildman–Crippen MR) is 544 cm³/mol. The smallest absolute Gasteiger partial charge is 0.294 e. The molecule has 133 heavy (non-hydrogen) atoms. The van der Waals surface area contributed by atoms with Crippen molar-refractivity contribution in [1.82, 2.24) is 23.9 Å². The van der Waals surface area contributed by atoms with Crippen LogP contribution in [-0.2, 0) is 56.5 Å². The molecule has 10 aromatic carbocycles. The molecule has 1 aliphatic carbocycles. The van der Waals surface area contributed by atoms with Crippen LogP contribution in [0, 0.1) is 30.7 Å².